The number of amides is 1. The molecule has 0 unspecified atom stereocenters. The Morgan fingerprint density at radius 2 is 1.78 bits per heavy atom. The standard InChI is InChI=1S/C36H36Cl2N6O6/c1-47-31-10-5-9-26(32(31)48-2)22-40-43-35(46)36(20-24-7-3-4-8-25(24)21-41-44-39)33(29-16-13-27(37)19-30(29)38)50-34(42-36)23-11-14-28(15-12-23)49-18-6-17-45/h3-5,7-16,19,33,40,45H,6,17-18,20-22H2,1-2H3,(H,43,46)/t33-,36-/m0/s1. The van der Waals surface area contributed by atoms with Crippen LogP contribution in [-0.2, 0) is 29.0 Å². The molecule has 1 aliphatic heterocycles. The lowest BCUT2D eigenvalue weighted by molar-refractivity contribution is -0.130. The number of nitrogens with zero attached hydrogens (tertiary/aromatic N) is 4. The van der Waals surface area contributed by atoms with E-state index in [1.807, 2.05) is 36.4 Å². The highest BCUT2D eigenvalue weighted by molar-refractivity contribution is 6.35. The summed E-state index contributed by atoms with van der Waals surface area (Å²) < 4.78 is 23.3. The number of hydrogen-bond acceptors (Lipinski definition) is 9. The zero-order chi connectivity index (χ0) is 35.5. The summed E-state index contributed by atoms with van der Waals surface area (Å²) in [5, 5.41) is 13.6. The lowest BCUT2D eigenvalue weighted by Gasteiger charge is -2.32. The molecule has 0 spiro atoms. The van der Waals surface area contributed by atoms with Crippen molar-refractivity contribution in [1.29, 1.82) is 0 Å². The van der Waals surface area contributed by atoms with Gasteiger partial charge in [-0.2, -0.15) is 0 Å². The third kappa shape index (κ3) is 8.24. The molecule has 0 saturated carbocycles. The van der Waals surface area contributed by atoms with Crippen LogP contribution in [0.25, 0.3) is 10.4 Å². The van der Waals surface area contributed by atoms with Gasteiger partial charge in [-0.25, -0.2) is 10.4 Å². The summed E-state index contributed by atoms with van der Waals surface area (Å²) in [4.78, 5) is 22.7. The molecule has 0 saturated heterocycles. The molecule has 5 rings (SSSR count). The van der Waals surface area contributed by atoms with Crippen LogP contribution < -0.4 is 25.1 Å². The van der Waals surface area contributed by atoms with Crippen LogP contribution in [0.4, 0.5) is 0 Å². The van der Waals surface area contributed by atoms with Crippen molar-refractivity contribution in [3.8, 4) is 17.2 Å². The van der Waals surface area contributed by atoms with Crippen molar-refractivity contribution in [2.24, 2.45) is 10.1 Å². The number of azide groups is 1. The number of hydrazine groups is 1. The van der Waals surface area contributed by atoms with Gasteiger partial charge < -0.3 is 24.1 Å². The van der Waals surface area contributed by atoms with Gasteiger partial charge in [0.1, 0.15) is 5.75 Å². The molecule has 0 aromatic heterocycles. The summed E-state index contributed by atoms with van der Waals surface area (Å²) in [5.74, 6) is 1.38. The van der Waals surface area contributed by atoms with Crippen molar-refractivity contribution in [3.63, 3.8) is 0 Å². The summed E-state index contributed by atoms with van der Waals surface area (Å²) >= 11 is 13.1. The fraction of sp³-hybridized carbons (Fsp3) is 0.278. The van der Waals surface area contributed by atoms with Crippen LogP contribution in [0.15, 0.2) is 95.0 Å². The Labute approximate surface area is 299 Å². The summed E-state index contributed by atoms with van der Waals surface area (Å²) in [6.45, 7) is 0.643. The highest BCUT2D eigenvalue weighted by Crippen LogP contribution is 2.45. The minimum atomic E-state index is -1.62. The van der Waals surface area contributed by atoms with Crippen LogP contribution in [0.3, 0.4) is 0 Å². The molecule has 50 heavy (non-hydrogen) atoms. The number of benzene rings is 4. The fourth-order valence-corrected chi connectivity index (χ4v) is 6.18. The first-order valence-corrected chi connectivity index (χ1v) is 16.5. The van der Waals surface area contributed by atoms with E-state index >= 15 is 0 Å². The van der Waals surface area contributed by atoms with Crippen LogP contribution in [0, 0.1) is 0 Å². The Bertz CT molecular complexity index is 1890. The third-order valence-corrected chi connectivity index (χ3v) is 8.69. The second-order valence-corrected chi connectivity index (χ2v) is 12.1. The smallest absolute Gasteiger partial charge is 0.266 e. The van der Waals surface area contributed by atoms with E-state index in [1.54, 1.807) is 62.8 Å². The molecular weight excluding hydrogens is 683 g/mol. The number of carbonyl (C=O) groups excluding carboxylic acids is 1. The molecular formula is C36H36Cl2N6O6. The van der Waals surface area contributed by atoms with Gasteiger partial charge in [0.05, 0.1) is 27.4 Å². The average molecular weight is 720 g/mol. The fourth-order valence-electron chi connectivity index (χ4n) is 5.68. The van der Waals surface area contributed by atoms with E-state index in [4.69, 9.17) is 57.8 Å². The van der Waals surface area contributed by atoms with Gasteiger partial charge in [-0.05, 0) is 59.1 Å². The molecule has 1 aliphatic rings. The minimum Gasteiger partial charge on any atom is -0.494 e. The molecule has 260 valence electrons. The first-order chi connectivity index (χ1) is 24.3. The van der Waals surface area contributed by atoms with Gasteiger partial charge in [-0.3, -0.25) is 10.2 Å². The van der Waals surface area contributed by atoms with E-state index in [1.165, 1.54) is 0 Å². The lowest BCUT2D eigenvalue weighted by Crippen LogP contribution is -2.53. The first kappa shape index (κ1) is 36.3. The maximum Gasteiger partial charge on any atom is 0.266 e. The normalized spacial score (nSPS) is 16.5. The molecule has 0 aliphatic carbocycles. The number of halogens is 2. The number of nitrogens with one attached hydrogen (secondary N) is 2. The minimum absolute atomic E-state index is 0.0233. The summed E-state index contributed by atoms with van der Waals surface area (Å²) in [6.07, 6.45) is -0.461. The van der Waals surface area contributed by atoms with Gasteiger partial charge in [-0.1, -0.05) is 70.8 Å². The maximum absolute atomic E-state index is 14.7. The van der Waals surface area contributed by atoms with Crippen molar-refractivity contribution in [2.45, 2.75) is 37.6 Å². The van der Waals surface area contributed by atoms with Crippen LogP contribution in [0.1, 0.15) is 40.3 Å². The largest absolute Gasteiger partial charge is 0.494 e. The summed E-state index contributed by atoms with van der Waals surface area (Å²) in [6, 6.07) is 24.9. The van der Waals surface area contributed by atoms with Gasteiger partial charge in [0.15, 0.2) is 23.1 Å². The average Bonchev–Trinajstić information content (AvgIpc) is 3.51. The Kier molecular flexibility index (Phi) is 12.4. The Morgan fingerprint density at radius 3 is 2.48 bits per heavy atom. The van der Waals surface area contributed by atoms with Crippen molar-refractivity contribution < 1.29 is 28.8 Å². The Hall–Kier alpha value is -4.97. The van der Waals surface area contributed by atoms with E-state index in [0.29, 0.717) is 51.4 Å². The van der Waals surface area contributed by atoms with Gasteiger partial charge in [0.2, 0.25) is 5.90 Å². The zero-order valence-corrected chi connectivity index (χ0v) is 28.9. The Balaban J connectivity index is 1.58. The topological polar surface area (TPSA) is 159 Å². The SMILES string of the molecule is COc1cccc(CNNC(=O)[C@@]2(Cc3ccccc3CN=[N+]=[N-])N=C(c3ccc(OCCCO)cc3)O[C@H]2c2ccc(Cl)cc2Cl)c1OC. The van der Waals surface area contributed by atoms with E-state index in [2.05, 4.69) is 20.9 Å². The molecule has 1 heterocycles. The van der Waals surface area contributed by atoms with Gasteiger partial charge >= 0.3 is 0 Å². The first-order valence-electron chi connectivity index (χ1n) is 15.7. The summed E-state index contributed by atoms with van der Waals surface area (Å²) in [7, 11) is 3.10. The number of carbonyl (C=O) groups is 1. The molecule has 0 bridgehead atoms. The highest BCUT2D eigenvalue weighted by atomic mass is 35.5. The van der Waals surface area contributed by atoms with Gasteiger partial charge in [-0.15, -0.1) is 0 Å². The van der Waals surface area contributed by atoms with Crippen molar-refractivity contribution in [1.82, 2.24) is 10.9 Å². The number of ether oxygens (including phenoxy) is 4. The second kappa shape index (κ2) is 17.1. The summed E-state index contributed by atoms with van der Waals surface area (Å²) in [5.41, 5.74) is 16.6. The molecule has 0 fully saturated rings. The number of rotatable bonds is 16. The molecule has 14 heteroatoms. The lowest BCUT2D eigenvalue weighted by atomic mass is 9.81. The van der Waals surface area contributed by atoms with Crippen LogP contribution in [-0.4, -0.2) is 49.9 Å². The number of methoxy groups -OCH3 is 2. The van der Waals surface area contributed by atoms with Gasteiger partial charge in [0, 0.05) is 57.6 Å². The molecule has 1 amide bonds. The third-order valence-electron chi connectivity index (χ3n) is 8.12. The maximum atomic E-state index is 14.7. The Morgan fingerprint density at radius 1 is 1.02 bits per heavy atom. The second-order valence-electron chi connectivity index (χ2n) is 11.2. The van der Waals surface area contributed by atoms with Crippen molar-refractivity contribution >= 4 is 35.0 Å². The number of aliphatic hydroxyl groups excluding tert-OH is 1. The number of aliphatic imine (C=N–C) groups is 1. The molecule has 3 N–H and O–H groups in total. The predicted molar refractivity (Wildman–Crippen MR) is 191 cm³/mol. The van der Waals surface area contributed by atoms with E-state index in [-0.39, 0.29) is 32.0 Å². The number of hydrogen-bond donors (Lipinski definition) is 3. The molecule has 12 nitrogen and oxygen atoms in total. The number of aliphatic hydroxyl groups is 1. The number of para-hydroxylation sites is 1. The molecule has 2 atom stereocenters. The highest BCUT2D eigenvalue weighted by Gasteiger charge is 2.54. The van der Waals surface area contributed by atoms with Gasteiger partial charge in [0.25, 0.3) is 5.91 Å². The monoisotopic (exact) mass is 718 g/mol. The van der Waals surface area contributed by atoms with E-state index < -0.39 is 17.6 Å². The van der Waals surface area contributed by atoms with Crippen molar-refractivity contribution in [2.75, 3.05) is 27.4 Å². The van der Waals surface area contributed by atoms with Crippen molar-refractivity contribution in [3.05, 3.63) is 133 Å². The molecule has 4 aromatic carbocycles. The predicted octanol–water partition coefficient (Wildman–Crippen LogP) is 6.90. The van der Waals surface area contributed by atoms with Crippen LogP contribution in [0.2, 0.25) is 10.0 Å². The van der Waals surface area contributed by atoms with E-state index in [9.17, 15) is 4.79 Å². The van der Waals surface area contributed by atoms with Crippen LogP contribution >= 0.6 is 23.2 Å². The quantitative estimate of drug-likeness (QED) is 0.0373. The molecule has 4 aromatic rings. The molecule has 0 radical (unpaired) electrons. The van der Waals surface area contributed by atoms with E-state index in [0.717, 1.165) is 16.7 Å². The van der Waals surface area contributed by atoms with Crippen LogP contribution in [0.5, 0.6) is 17.2 Å². The zero-order valence-electron chi connectivity index (χ0n) is 27.4.